The molecule has 31 heavy (non-hydrogen) atoms. The molecule has 7 nitrogen and oxygen atoms in total. The Balaban J connectivity index is 1.37. The molecule has 1 heterocycles. The van der Waals surface area contributed by atoms with Crippen LogP contribution < -0.4 is 5.32 Å². The summed E-state index contributed by atoms with van der Waals surface area (Å²) in [7, 11) is 0. The third-order valence-corrected chi connectivity index (χ3v) is 9.08. The highest BCUT2D eigenvalue weighted by atomic mass is 16.6. The molecule has 174 valence electrons. The molecule has 1 saturated heterocycles. The van der Waals surface area contributed by atoms with Crippen LogP contribution in [0.2, 0.25) is 0 Å². The zero-order valence-corrected chi connectivity index (χ0v) is 20.0. The van der Waals surface area contributed by atoms with Crippen LogP contribution in [-0.2, 0) is 19.1 Å². The van der Waals surface area contributed by atoms with Crippen molar-refractivity contribution < 1.29 is 23.9 Å². The fourth-order valence-corrected chi connectivity index (χ4v) is 7.47. The van der Waals surface area contributed by atoms with Crippen LogP contribution in [0.25, 0.3) is 0 Å². The summed E-state index contributed by atoms with van der Waals surface area (Å²) in [6.45, 7) is 14.4. The Morgan fingerprint density at radius 3 is 2.39 bits per heavy atom. The highest BCUT2D eigenvalue weighted by molar-refractivity contribution is 5.90. The van der Waals surface area contributed by atoms with E-state index in [1.807, 2.05) is 0 Å². The number of amides is 2. The minimum atomic E-state index is -0.768. The molecule has 3 aliphatic carbocycles. The van der Waals surface area contributed by atoms with Crippen molar-refractivity contribution in [3.05, 3.63) is 0 Å². The van der Waals surface area contributed by atoms with E-state index in [9.17, 15) is 14.4 Å². The van der Waals surface area contributed by atoms with Crippen molar-refractivity contribution in [1.82, 2.24) is 10.2 Å². The molecule has 1 aliphatic heterocycles. The van der Waals surface area contributed by atoms with Crippen molar-refractivity contribution in [2.45, 2.75) is 104 Å². The van der Waals surface area contributed by atoms with Gasteiger partial charge in [-0.3, -0.25) is 4.79 Å². The molecular weight excluding hydrogens is 396 g/mol. The number of carbonyl (C=O) groups excluding carboxylic acids is 3. The van der Waals surface area contributed by atoms with Crippen molar-refractivity contribution in [2.24, 2.45) is 22.2 Å². The molecule has 4 fully saturated rings. The lowest BCUT2D eigenvalue weighted by Gasteiger charge is -2.46. The van der Waals surface area contributed by atoms with Crippen LogP contribution in [0.15, 0.2) is 0 Å². The van der Waals surface area contributed by atoms with Gasteiger partial charge in [-0.2, -0.15) is 0 Å². The van der Waals surface area contributed by atoms with Gasteiger partial charge >= 0.3 is 12.1 Å². The van der Waals surface area contributed by atoms with E-state index in [0.717, 1.165) is 12.8 Å². The van der Waals surface area contributed by atoms with Crippen molar-refractivity contribution in [1.29, 1.82) is 0 Å². The van der Waals surface area contributed by atoms with E-state index >= 15 is 0 Å². The van der Waals surface area contributed by atoms with Crippen LogP contribution in [0.1, 0.15) is 80.6 Å². The van der Waals surface area contributed by atoms with Crippen molar-refractivity contribution in [3.63, 3.8) is 0 Å². The van der Waals surface area contributed by atoms with Gasteiger partial charge in [-0.15, -0.1) is 0 Å². The number of hydrogen-bond acceptors (Lipinski definition) is 5. The third kappa shape index (κ3) is 3.01. The Kier molecular flexibility index (Phi) is 4.95. The number of rotatable bonds is 4. The zero-order valence-electron chi connectivity index (χ0n) is 20.0. The molecular formula is C24H38N2O5. The lowest BCUT2D eigenvalue weighted by molar-refractivity contribution is -0.177. The first-order chi connectivity index (χ1) is 14.3. The van der Waals surface area contributed by atoms with Crippen LogP contribution in [0, 0.1) is 22.2 Å². The fourth-order valence-electron chi connectivity index (χ4n) is 7.47. The Hall–Kier alpha value is -1.79. The SMILES string of the molecule is C[C@H](NC(=O)OC(C)(C)C)C(=O)N1CCC[C@H]1C(=O)OC1CC2CCC3(C)C(C)(C)C213. The van der Waals surface area contributed by atoms with Crippen LogP contribution in [0.4, 0.5) is 4.79 Å². The second kappa shape index (κ2) is 6.85. The van der Waals surface area contributed by atoms with E-state index in [1.54, 1.807) is 32.6 Å². The summed E-state index contributed by atoms with van der Waals surface area (Å²) in [5.74, 6) is 0.0992. The number of alkyl carbamates (subject to hydrolysis) is 1. The molecule has 0 radical (unpaired) electrons. The summed E-state index contributed by atoms with van der Waals surface area (Å²) < 4.78 is 11.3. The van der Waals surface area contributed by atoms with Crippen LogP contribution in [0.5, 0.6) is 0 Å². The molecule has 1 spiro atoms. The number of ether oxygens (including phenoxy) is 2. The van der Waals surface area contributed by atoms with Crippen molar-refractivity contribution in [2.75, 3.05) is 6.54 Å². The van der Waals surface area contributed by atoms with Gasteiger partial charge in [0.2, 0.25) is 5.91 Å². The fraction of sp³-hybridized carbons (Fsp3) is 0.875. The summed E-state index contributed by atoms with van der Waals surface area (Å²) in [6, 6.07) is -1.34. The van der Waals surface area contributed by atoms with Gasteiger partial charge in [0.1, 0.15) is 23.8 Å². The molecule has 0 aromatic carbocycles. The second-order valence-corrected chi connectivity index (χ2v) is 11.8. The molecule has 2 amide bonds. The first-order valence-electron chi connectivity index (χ1n) is 11.8. The van der Waals surface area contributed by atoms with E-state index in [2.05, 4.69) is 26.1 Å². The highest BCUT2D eigenvalue weighted by Crippen LogP contribution is 2.93. The molecule has 6 atom stereocenters. The predicted molar refractivity (Wildman–Crippen MR) is 115 cm³/mol. The molecule has 3 saturated carbocycles. The Morgan fingerprint density at radius 1 is 1.13 bits per heavy atom. The Labute approximate surface area is 185 Å². The smallest absolute Gasteiger partial charge is 0.408 e. The summed E-state index contributed by atoms with van der Waals surface area (Å²) >= 11 is 0. The standard InChI is InChI=1S/C24H38N2O5/c1-14(25-20(29)31-21(2,3)4)18(27)26-12-8-9-16(26)19(28)30-17-13-15-10-11-23(7)22(5,6)24(15,17)23/h14-17H,8-13H2,1-7H3,(H,25,29)/t14-,15?,16-,17?,23?,24?/m0/s1. The highest BCUT2D eigenvalue weighted by Gasteiger charge is 2.91. The number of nitrogens with zero attached hydrogens (tertiary/aromatic N) is 1. The quantitative estimate of drug-likeness (QED) is 0.683. The second-order valence-electron chi connectivity index (χ2n) is 11.8. The van der Waals surface area contributed by atoms with E-state index in [-0.39, 0.29) is 34.2 Å². The Bertz CT molecular complexity index is 802. The van der Waals surface area contributed by atoms with Gasteiger partial charge in [0.25, 0.3) is 0 Å². The van der Waals surface area contributed by atoms with E-state index < -0.39 is 23.8 Å². The molecule has 0 bridgehead atoms. The summed E-state index contributed by atoms with van der Waals surface area (Å²) in [4.78, 5) is 39.7. The average molecular weight is 435 g/mol. The molecule has 0 aromatic rings. The monoisotopic (exact) mass is 434 g/mol. The molecule has 4 rings (SSSR count). The average Bonchev–Trinajstić information content (AvgIpc) is 3.00. The molecule has 4 aliphatic rings. The predicted octanol–water partition coefficient (Wildman–Crippen LogP) is 3.65. The topological polar surface area (TPSA) is 84.9 Å². The number of esters is 1. The van der Waals surface area contributed by atoms with E-state index in [0.29, 0.717) is 18.9 Å². The largest absolute Gasteiger partial charge is 0.460 e. The van der Waals surface area contributed by atoms with Crippen LogP contribution in [-0.4, -0.2) is 53.2 Å². The van der Waals surface area contributed by atoms with Gasteiger partial charge < -0.3 is 19.7 Å². The van der Waals surface area contributed by atoms with Crippen molar-refractivity contribution >= 4 is 18.0 Å². The van der Waals surface area contributed by atoms with E-state index in [1.165, 1.54) is 12.8 Å². The lowest BCUT2D eigenvalue weighted by Crippen LogP contribution is -2.54. The number of hydrogen-bond donors (Lipinski definition) is 1. The van der Waals surface area contributed by atoms with Crippen LogP contribution >= 0.6 is 0 Å². The first-order valence-corrected chi connectivity index (χ1v) is 11.8. The van der Waals surface area contributed by atoms with Gasteiger partial charge in [-0.05, 0) is 76.5 Å². The van der Waals surface area contributed by atoms with Crippen molar-refractivity contribution in [3.8, 4) is 0 Å². The van der Waals surface area contributed by atoms with Gasteiger partial charge in [-0.25, -0.2) is 9.59 Å². The molecule has 4 unspecified atom stereocenters. The minimum Gasteiger partial charge on any atom is -0.460 e. The molecule has 7 heteroatoms. The van der Waals surface area contributed by atoms with Gasteiger partial charge in [0, 0.05) is 12.0 Å². The first kappa shape index (κ1) is 22.4. The maximum atomic E-state index is 13.1. The molecule has 1 N–H and O–H groups in total. The molecule has 0 aromatic heterocycles. The zero-order chi connectivity index (χ0) is 23.0. The number of likely N-dealkylation sites (tertiary alicyclic amines) is 1. The number of nitrogens with one attached hydrogen (secondary N) is 1. The summed E-state index contributed by atoms with van der Waals surface area (Å²) in [6.07, 6.45) is 4.07. The normalized spacial score (nSPS) is 38.4. The summed E-state index contributed by atoms with van der Waals surface area (Å²) in [5.41, 5.74) is -0.0685. The third-order valence-electron chi connectivity index (χ3n) is 9.08. The van der Waals surface area contributed by atoms with Gasteiger partial charge in [0.05, 0.1) is 0 Å². The maximum absolute atomic E-state index is 13.1. The Morgan fingerprint density at radius 2 is 1.81 bits per heavy atom. The number of carbonyl (C=O) groups is 3. The van der Waals surface area contributed by atoms with Crippen LogP contribution in [0.3, 0.4) is 0 Å². The minimum absolute atomic E-state index is 0.0395. The van der Waals surface area contributed by atoms with E-state index in [4.69, 9.17) is 9.47 Å². The summed E-state index contributed by atoms with van der Waals surface area (Å²) in [5, 5.41) is 2.59. The maximum Gasteiger partial charge on any atom is 0.408 e. The lowest BCUT2D eigenvalue weighted by atomic mass is 9.64. The van der Waals surface area contributed by atoms with Gasteiger partial charge in [-0.1, -0.05) is 20.8 Å². The van der Waals surface area contributed by atoms with Gasteiger partial charge in [0.15, 0.2) is 0 Å².